The fourth-order valence-electron chi connectivity index (χ4n) is 5.93. The molecular formula is C24H46Ac6BO11P. The molecule has 0 amide bonds. The Bertz CT molecular complexity index is 727. The Hall–Kier alpha value is 8.70. The van der Waals surface area contributed by atoms with Crippen molar-refractivity contribution in [3.05, 3.63) is 0 Å². The zero-order valence-corrected chi connectivity index (χ0v) is 55.5. The molecule has 11 nitrogen and oxygen atoms in total. The third kappa shape index (κ3) is 16.0. The summed E-state index contributed by atoms with van der Waals surface area (Å²) in [5, 5.41) is 62.9. The Morgan fingerprint density at radius 1 is 0.698 bits per heavy atom. The third-order valence-corrected chi connectivity index (χ3v) is 8.66. The van der Waals surface area contributed by atoms with Gasteiger partial charge in [0, 0.05) is 264 Å². The van der Waals surface area contributed by atoms with Crippen molar-refractivity contribution >= 4 is 15.8 Å². The van der Waals surface area contributed by atoms with E-state index in [0.29, 0.717) is 11.8 Å². The summed E-state index contributed by atoms with van der Waals surface area (Å²) in [5.74, 6) is 1.40. The van der Waals surface area contributed by atoms with Gasteiger partial charge in [-0.1, -0.05) is 40.9 Å². The summed E-state index contributed by atoms with van der Waals surface area (Å²) in [6, 6.07) is 0. The largest absolute Gasteiger partial charge is 0.424 e. The van der Waals surface area contributed by atoms with Crippen molar-refractivity contribution in [3.63, 3.8) is 0 Å². The average molecular weight is 1910 g/mol. The van der Waals surface area contributed by atoms with Gasteiger partial charge in [0.25, 0.3) is 0 Å². The molecule has 0 spiro atoms. The maximum atomic E-state index is 11.0. The topological polar surface area (TPSA) is 168 Å². The van der Waals surface area contributed by atoms with E-state index in [-0.39, 0.29) is 289 Å². The Morgan fingerprint density at radius 2 is 1.12 bits per heavy atom. The van der Waals surface area contributed by atoms with Gasteiger partial charge in [-0.3, -0.25) is 0 Å². The van der Waals surface area contributed by atoms with Crippen molar-refractivity contribution in [2.24, 2.45) is 23.7 Å². The molecule has 2 saturated heterocycles. The van der Waals surface area contributed by atoms with Gasteiger partial charge in [-0.15, -0.1) is 9.12 Å². The van der Waals surface area contributed by atoms with Gasteiger partial charge in [-0.25, -0.2) is 0 Å². The standard InChI is InChI=1S/C24H46BO11P.6Ac/c1-6-13-7-10(2)11(3)12(4)20(13)34-23-18(30)16(28)21(14(8-26)32-23)35-24-19(31)17(29)22(36-25(5)37)15(9-27)33-24;;;;;;/h10-24,26-31H,6-9,37H2,1-5H3;;;;;;/t10-,11?,12?,13-,14?,15?,16+,17+,18?,19?,20-,21-,22-,23-,24-;;;;;;/m0....../s1. The minimum Gasteiger partial charge on any atom is -0.424 e. The molecule has 3 rings (SSSR count). The monoisotopic (exact) mass is 1910 g/mol. The van der Waals surface area contributed by atoms with Crippen LogP contribution in [0.4, 0.5) is 0 Å². The Kier molecular flexibility index (Phi) is 39.4. The van der Waals surface area contributed by atoms with E-state index in [2.05, 4.69) is 36.8 Å². The fourth-order valence-corrected chi connectivity index (χ4v) is 6.11. The molecule has 1 aliphatic carbocycles. The van der Waals surface area contributed by atoms with Gasteiger partial charge in [0.2, 0.25) is 0 Å². The van der Waals surface area contributed by atoms with E-state index in [1.54, 1.807) is 6.82 Å². The summed E-state index contributed by atoms with van der Waals surface area (Å²) in [7, 11) is 2.39. The first-order valence-electron chi connectivity index (χ1n) is 13.4. The summed E-state index contributed by atoms with van der Waals surface area (Å²) >= 11 is 0. The SMILES string of the molecule is CC[C@H]1C[C@H](C)C(C)C(C)[C@@H]1O[C@@H]1OC(CO)[C@H](O[C@@H]2OC(CO)[C@H](OB(C)P)[C@H](O)C2O)[C@H](O)C1O.[Ac].[Ac].[Ac].[Ac].[Ac].[Ac]. The summed E-state index contributed by atoms with van der Waals surface area (Å²) in [4.78, 5) is 0. The van der Waals surface area contributed by atoms with Crippen molar-refractivity contribution in [1.29, 1.82) is 0 Å². The third-order valence-electron chi connectivity index (χ3n) is 8.50. The molecule has 6 radical (unpaired) electrons. The van der Waals surface area contributed by atoms with Crippen molar-refractivity contribution < 1.29 is 319 Å². The molecule has 0 aromatic heterocycles. The molecule has 7 unspecified atom stereocenters. The molecular weight excluding hydrogens is 1870 g/mol. The number of rotatable bonds is 9. The number of aliphatic hydroxyl groups excluding tert-OH is 6. The van der Waals surface area contributed by atoms with Crippen LogP contribution in [0.2, 0.25) is 6.82 Å². The van der Waals surface area contributed by atoms with Gasteiger partial charge in [0.05, 0.1) is 25.4 Å². The molecule has 1 saturated carbocycles. The van der Waals surface area contributed by atoms with E-state index >= 15 is 0 Å². The summed E-state index contributed by atoms with van der Waals surface area (Å²) in [6.07, 6.45) is -11.6. The number of ether oxygens (including phenoxy) is 4. The molecule has 3 fully saturated rings. The second-order valence-corrected chi connectivity index (χ2v) is 12.0. The van der Waals surface area contributed by atoms with E-state index < -0.39 is 74.6 Å². The normalized spacial score (nSPS) is 42.3. The van der Waals surface area contributed by atoms with Crippen LogP contribution in [0, 0.1) is 288 Å². The first kappa shape index (κ1) is 58.4. The van der Waals surface area contributed by atoms with Crippen LogP contribution in [-0.2, 0) is 23.6 Å². The van der Waals surface area contributed by atoms with Crippen molar-refractivity contribution in [2.45, 2.75) is 115 Å². The molecule has 2 aliphatic heterocycles. The van der Waals surface area contributed by atoms with Gasteiger partial charge in [-0.2, -0.15) is 0 Å². The Labute approximate surface area is 474 Å². The summed E-state index contributed by atoms with van der Waals surface area (Å²) in [5.41, 5.74) is 0. The maximum absolute atomic E-state index is 11.0. The van der Waals surface area contributed by atoms with Crippen LogP contribution in [0.3, 0.4) is 0 Å². The second kappa shape index (κ2) is 29.0. The van der Waals surface area contributed by atoms with Crippen LogP contribution in [0.1, 0.15) is 40.5 Å². The molecule has 0 aromatic carbocycles. The summed E-state index contributed by atoms with van der Waals surface area (Å²) < 4.78 is 29.1. The van der Waals surface area contributed by atoms with E-state index in [1.807, 2.05) is 0 Å². The fraction of sp³-hybridized carbons (Fsp3) is 1.00. The first-order valence-corrected chi connectivity index (χ1v) is 14.1. The van der Waals surface area contributed by atoms with Gasteiger partial charge in [-0.05, 0) is 30.1 Å². The molecule has 0 aromatic rings. The predicted octanol–water partition coefficient (Wildman–Crippen LogP) is -0.649. The Morgan fingerprint density at radius 3 is 1.53 bits per heavy atom. The molecule has 2 heterocycles. The maximum Gasteiger partial charge on any atom is 0.312 e. The minimum atomic E-state index is -1.59. The number of aliphatic hydroxyl groups is 6. The average Bonchev–Trinajstić information content (AvgIpc) is 2.87. The quantitative estimate of drug-likeness (QED) is 0.129. The molecule has 3 aliphatic rings. The summed E-state index contributed by atoms with van der Waals surface area (Å²) in [6.45, 7) is 8.88. The van der Waals surface area contributed by atoms with Crippen LogP contribution in [-0.4, -0.2) is 118 Å². The minimum absolute atomic E-state index is 0. The first-order chi connectivity index (χ1) is 17.4. The van der Waals surface area contributed by atoms with E-state index in [0.717, 1.165) is 12.8 Å². The zero-order valence-electron chi connectivity index (χ0n) is 25.8. The molecule has 19 heteroatoms. The Balaban J connectivity index is -0.00000127. The molecule has 234 valence electrons. The van der Waals surface area contributed by atoms with E-state index in [1.165, 1.54) is 0 Å². The smallest absolute Gasteiger partial charge is 0.312 e. The zero-order chi connectivity index (χ0) is 27.6. The molecule has 43 heavy (non-hydrogen) atoms. The molecule has 6 N–H and O–H groups in total. The predicted molar refractivity (Wildman–Crippen MR) is 137 cm³/mol. The van der Waals surface area contributed by atoms with Crippen molar-refractivity contribution in [2.75, 3.05) is 13.2 Å². The van der Waals surface area contributed by atoms with E-state index in [4.69, 9.17) is 23.6 Å². The van der Waals surface area contributed by atoms with Gasteiger partial charge >= 0.3 is 6.64 Å². The van der Waals surface area contributed by atoms with Crippen LogP contribution in [0.25, 0.3) is 0 Å². The van der Waals surface area contributed by atoms with Crippen molar-refractivity contribution in [3.8, 4) is 0 Å². The second-order valence-electron chi connectivity index (χ2n) is 11.0. The van der Waals surface area contributed by atoms with Crippen LogP contribution in [0.5, 0.6) is 0 Å². The van der Waals surface area contributed by atoms with Crippen molar-refractivity contribution in [1.82, 2.24) is 0 Å². The van der Waals surface area contributed by atoms with Gasteiger partial charge < -0.3 is 54.2 Å². The van der Waals surface area contributed by atoms with Crippen LogP contribution >= 0.6 is 9.12 Å². The number of hydrogen-bond acceptors (Lipinski definition) is 11. The van der Waals surface area contributed by atoms with Gasteiger partial charge in [0.1, 0.15) is 42.7 Å². The molecule has 16 atom stereocenters. The molecule has 0 bridgehead atoms. The van der Waals surface area contributed by atoms with Crippen LogP contribution < -0.4 is 0 Å². The van der Waals surface area contributed by atoms with E-state index in [9.17, 15) is 30.6 Å². The van der Waals surface area contributed by atoms with Gasteiger partial charge in [0.15, 0.2) is 12.6 Å². The van der Waals surface area contributed by atoms with Crippen LogP contribution in [0.15, 0.2) is 0 Å². The number of hydrogen-bond donors (Lipinski definition) is 6.